The molecule has 1 amide bonds. The normalized spacial score (nSPS) is 10.8. The summed E-state index contributed by atoms with van der Waals surface area (Å²) < 4.78 is 7.07. The third-order valence-corrected chi connectivity index (χ3v) is 4.46. The molecule has 0 aliphatic heterocycles. The average Bonchev–Trinajstić information content (AvgIpc) is 3.13. The minimum atomic E-state index is -1.05. The van der Waals surface area contributed by atoms with E-state index in [-0.39, 0.29) is 23.7 Å². The summed E-state index contributed by atoms with van der Waals surface area (Å²) in [5.74, 6) is -1.25. The molecule has 0 radical (unpaired) electrons. The predicted molar refractivity (Wildman–Crippen MR) is 99.0 cm³/mol. The fourth-order valence-corrected chi connectivity index (χ4v) is 3.08. The van der Waals surface area contributed by atoms with Gasteiger partial charge in [-0.2, -0.15) is 5.10 Å². The van der Waals surface area contributed by atoms with Gasteiger partial charge in [-0.15, -0.1) is 0 Å². The number of carboxylic acids is 1. The number of aromatic nitrogens is 2. The van der Waals surface area contributed by atoms with E-state index in [1.807, 2.05) is 48.9 Å². The van der Waals surface area contributed by atoms with Crippen LogP contribution >= 0.6 is 0 Å². The lowest BCUT2D eigenvalue weighted by molar-refractivity contribution is -0.136. The van der Waals surface area contributed by atoms with E-state index in [1.54, 1.807) is 6.92 Å². The van der Waals surface area contributed by atoms with Gasteiger partial charge in [-0.25, -0.2) is 4.68 Å². The maximum atomic E-state index is 12.6. The summed E-state index contributed by atoms with van der Waals surface area (Å²) in [6.07, 6.45) is 1.07. The molecule has 2 heterocycles. The number of amides is 1. The van der Waals surface area contributed by atoms with Crippen molar-refractivity contribution in [3.63, 3.8) is 0 Å². The summed E-state index contributed by atoms with van der Waals surface area (Å²) in [6.45, 7) is 5.86. The standard InChI is InChI=1S/C20H21N3O4/c1-12-11-27-17(9-18(24)25)19(12)20(26)21-10-16-13(2)22-23(14(16)3)15-7-5-4-6-8-15/h4-8,11H,9-10H2,1-3H3,(H,21,26)(H,24,25). The average molecular weight is 367 g/mol. The maximum absolute atomic E-state index is 12.6. The van der Waals surface area contributed by atoms with Gasteiger partial charge in [0.1, 0.15) is 12.2 Å². The highest BCUT2D eigenvalue weighted by molar-refractivity contribution is 5.97. The van der Waals surface area contributed by atoms with E-state index < -0.39 is 5.97 Å². The molecule has 27 heavy (non-hydrogen) atoms. The number of carbonyl (C=O) groups excluding carboxylic acids is 1. The number of carbonyl (C=O) groups is 2. The van der Waals surface area contributed by atoms with Crippen molar-refractivity contribution in [2.75, 3.05) is 0 Å². The second-order valence-corrected chi connectivity index (χ2v) is 6.37. The molecule has 2 N–H and O–H groups in total. The molecule has 7 heteroatoms. The molecule has 0 spiro atoms. The first-order valence-electron chi connectivity index (χ1n) is 8.56. The van der Waals surface area contributed by atoms with Crippen molar-refractivity contribution in [2.45, 2.75) is 33.7 Å². The van der Waals surface area contributed by atoms with Crippen LogP contribution in [0.2, 0.25) is 0 Å². The molecule has 0 atom stereocenters. The Kier molecular flexibility index (Phi) is 5.12. The molecule has 2 aromatic heterocycles. The predicted octanol–water partition coefficient (Wildman–Crippen LogP) is 2.95. The lowest BCUT2D eigenvalue weighted by Gasteiger charge is -2.08. The Bertz CT molecular complexity index is 986. The molecule has 140 valence electrons. The number of hydrogen-bond acceptors (Lipinski definition) is 4. The number of furan rings is 1. The van der Waals surface area contributed by atoms with Gasteiger partial charge in [0, 0.05) is 23.4 Å². The van der Waals surface area contributed by atoms with Crippen LogP contribution < -0.4 is 5.32 Å². The number of nitrogens with one attached hydrogen (secondary N) is 1. The Labute approximate surface area is 156 Å². The smallest absolute Gasteiger partial charge is 0.311 e. The van der Waals surface area contributed by atoms with Crippen molar-refractivity contribution in [2.24, 2.45) is 0 Å². The van der Waals surface area contributed by atoms with E-state index in [0.717, 1.165) is 22.6 Å². The second kappa shape index (κ2) is 7.49. The number of nitrogens with zero attached hydrogens (tertiary/aromatic N) is 2. The lowest BCUT2D eigenvalue weighted by atomic mass is 10.1. The topological polar surface area (TPSA) is 97.4 Å². The highest BCUT2D eigenvalue weighted by Gasteiger charge is 2.21. The largest absolute Gasteiger partial charge is 0.481 e. The van der Waals surface area contributed by atoms with Crippen molar-refractivity contribution < 1.29 is 19.1 Å². The molecule has 3 aromatic rings. The molecule has 0 unspecified atom stereocenters. The highest BCUT2D eigenvalue weighted by atomic mass is 16.4. The number of benzene rings is 1. The zero-order valence-corrected chi connectivity index (χ0v) is 15.4. The number of aliphatic carboxylic acids is 1. The van der Waals surface area contributed by atoms with E-state index in [9.17, 15) is 9.59 Å². The number of para-hydroxylation sites is 1. The molecule has 0 bridgehead atoms. The molecule has 0 aliphatic rings. The van der Waals surface area contributed by atoms with Gasteiger partial charge in [0.05, 0.1) is 23.2 Å². The Hall–Kier alpha value is -3.35. The molecule has 3 rings (SSSR count). The molecule has 0 fully saturated rings. The van der Waals surface area contributed by atoms with Crippen LogP contribution in [0.5, 0.6) is 0 Å². The van der Waals surface area contributed by atoms with Crippen LogP contribution in [0.1, 0.15) is 38.6 Å². The highest BCUT2D eigenvalue weighted by Crippen LogP contribution is 2.20. The van der Waals surface area contributed by atoms with Gasteiger partial charge < -0.3 is 14.8 Å². The van der Waals surface area contributed by atoms with Crippen molar-refractivity contribution in [1.82, 2.24) is 15.1 Å². The summed E-state index contributed by atoms with van der Waals surface area (Å²) >= 11 is 0. The van der Waals surface area contributed by atoms with Crippen LogP contribution in [0.3, 0.4) is 0 Å². The Morgan fingerprint density at radius 3 is 2.56 bits per heavy atom. The Morgan fingerprint density at radius 2 is 1.89 bits per heavy atom. The first kappa shape index (κ1) is 18.4. The third-order valence-electron chi connectivity index (χ3n) is 4.46. The Morgan fingerprint density at radius 1 is 1.19 bits per heavy atom. The molecule has 0 saturated carbocycles. The van der Waals surface area contributed by atoms with E-state index in [0.29, 0.717) is 12.1 Å². The first-order chi connectivity index (χ1) is 12.9. The van der Waals surface area contributed by atoms with Gasteiger partial charge in [-0.1, -0.05) is 18.2 Å². The molecule has 1 aromatic carbocycles. The zero-order valence-electron chi connectivity index (χ0n) is 15.4. The van der Waals surface area contributed by atoms with Crippen LogP contribution in [-0.4, -0.2) is 26.8 Å². The summed E-state index contributed by atoms with van der Waals surface area (Å²) in [4.78, 5) is 23.6. The van der Waals surface area contributed by atoms with E-state index in [1.165, 1.54) is 6.26 Å². The van der Waals surface area contributed by atoms with Crippen LogP contribution in [0.4, 0.5) is 0 Å². The van der Waals surface area contributed by atoms with Crippen LogP contribution in [0.15, 0.2) is 41.0 Å². The first-order valence-corrected chi connectivity index (χ1v) is 8.56. The zero-order chi connectivity index (χ0) is 19.6. The molecule has 0 aliphatic carbocycles. The molecular formula is C20H21N3O4. The van der Waals surface area contributed by atoms with Gasteiger partial charge in [-0.05, 0) is 32.9 Å². The fraction of sp³-hybridized carbons (Fsp3) is 0.250. The molecule has 7 nitrogen and oxygen atoms in total. The van der Waals surface area contributed by atoms with Crippen molar-refractivity contribution in [1.29, 1.82) is 0 Å². The summed E-state index contributed by atoms with van der Waals surface area (Å²) in [6, 6.07) is 9.76. The van der Waals surface area contributed by atoms with Crippen LogP contribution in [0, 0.1) is 20.8 Å². The van der Waals surface area contributed by atoms with E-state index in [2.05, 4.69) is 10.4 Å². The van der Waals surface area contributed by atoms with Crippen molar-refractivity contribution in [3.05, 3.63) is 70.4 Å². The third kappa shape index (κ3) is 3.76. The maximum Gasteiger partial charge on any atom is 0.311 e. The quantitative estimate of drug-likeness (QED) is 0.698. The number of aryl methyl sites for hydroxylation is 2. The minimum absolute atomic E-state index is 0.158. The van der Waals surface area contributed by atoms with Gasteiger partial charge in [0.25, 0.3) is 5.91 Å². The van der Waals surface area contributed by atoms with E-state index in [4.69, 9.17) is 9.52 Å². The van der Waals surface area contributed by atoms with Gasteiger partial charge in [0.2, 0.25) is 0 Å². The monoisotopic (exact) mass is 367 g/mol. The van der Waals surface area contributed by atoms with Gasteiger partial charge >= 0.3 is 5.97 Å². The van der Waals surface area contributed by atoms with Crippen molar-refractivity contribution >= 4 is 11.9 Å². The van der Waals surface area contributed by atoms with Crippen LogP contribution in [-0.2, 0) is 17.8 Å². The summed E-state index contributed by atoms with van der Waals surface area (Å²) in [7, 11) is 0. The van der Waals surface area contributed by atoms with Gasteiger partial charge in [-0.3, -0.25) is 9.59 Å². The Balaban J connectivity index is 1.80. The number of carboxylic acid groups (broad SMARTS) is 1. The van der Waals surface area contributed by atoms with Crippen LogP contribution in [0.25, 0.3) is 5.69 Å². The molecular weight excluding hydrogens is 346 g/mol. The van der Waals surface area contributed by atoms with Gasteiger partial charge in [0.15, 0.2) is 0 Å². The minimum Gasteiger partial charge on any atom is -0.481 e. The summed E-state index contributed by atoms with van der Waals surface area (Å²) in [5.41, 5.74) is 4.53. The second-order valence-electron chi connectivity index (χ2n) is 6.37. The van der Waals surface area contributed by atoms with Crippen molar-refractivity contribution in [3.8, 4) is 5.69 Å². The van der Waals surface area contributed by atoms with E-state index >= 15 is 0 Å². The fourth-order valence-electron chi connectivity index (χ4n) is 3.08. The summed E-state index contributed by atoms with van der Waals surface area (Å²) in [5, 5.41) is 16.4. The number of rotatable bonds is 6. The number of hydrogen-bond donors (Lipinski definition) is 2. The molecule has 0 saturated heterocycles. The lowest BCUT2D eigenvalue weighted by Crippen LogP contribution is -2.25. The SMILES string of the molecule is Cc1coc(CC(=O)O)c1C(=O)NCc1c(C)nn(-c2ccccc2)c1C.